The van der Waals surface area contributed by atoms with E-state index in [-0.39, 0.29) is 17.3 Å². The van der Waals surface area contributed by atoms with Crippen LogP contribution in [0.25, 0.3) is 11.1 Å². The van der Waals surface area contributed by atoms with Gasteiger partial charge in [0, 0.05) is 24.2 Å². The quantitative estimate of drug-likeness (QED) is 0.266. The van der Waals surface area contributed by atoms with Crippen LogP contribution in [0.2, 0.25) is 0 Å². The number of fused-ring (bicyclic) bond motifs is 3. The SMILES string of the molecule is CC(C)(O)c1ccc(-c2cccc(N(CC34CCC(c5noc(C(F)(F)F)n5)(CC3)CC4)C(=O)NCC3CC4(CC4)C3)c2)cc1. The standard InChI is InChI=1S/C35H41F3N4O3/c1-31(2,44)26-8-6-24(7-9-26)25-4-3-5-27(18-25)42(30(43)39-21-23-19-33(20-23)10-11-33)22-32-12-15-34(16-13-32,17-14-32)28-40-29(45-41-28)35(36,37)38/h3-9,18,23,44H,10-17,19-22H2,1-2H3,(H,39,43). The number of nitrogens with zero attached hydrogens (tertiary/aromatic N) is 3. The maximum Gasteiger partial charge on any atom is 0.471 e. The second-order valence-electron chi connectivity index (χ2n) is 14.9. The predicted octanol–water partition coefficient (Wildman–Crippen LogP) is 7.98. The van der Waals surface area contributed by atoms with E-state index in [9.17, 15) is 23.1 Å². The van der Waals surface area contributed by atoms with Crippen LogP contribution in [0.3, 0.4) is 0 Å². The second-order valence-corrected chi connectivity index (χ2v) is 14.9. The maximum absolute atomic E-state index is 13.9. The van der Waals surface area contributed by atoms with Crippen LogP contribution in [-0.2, 0) is 17.2 Å². The third kappa shape index (κ3) is 5.86. The molecule has 8 rings (SSSR count). The molecule has 2 amide bonds. The molecule has 0 saturated heterocycles. The van der Waals surface area contributed by atoms with Crippen molar-refractivity contribution in [3.8, 4) is 11.1 Å². The summed E-state index contributed by atoms with van der Waals surface area (Å²) in [5.74, 6) is -0.598. The third-order valence-electron chi connectivity index (χ3n) is 11.3. The van der Waals surface area contributed by atoms with Crippen molar-refractivity contribution >= 4 is 11.7 Å². The summed E-state index contributed by atoms with van der Waals surface area (Å²) in [6.45, 7) is 4.72. The van der Waals surface area contributed by atoms with Gasteiger partial charge in [-0.1, -0.05) is 41.6 Å². The van der Waals surface area contributed by atoms with E-state index < -0.39 is 23.1 Å². The molecule has 5 aliphatic carbocycles. The number of alkyl halides is 3. The van der Waals surface area contributed by atoms with Gasteiger partial charge in [-0.05, 0) is 124 Å². The van der Waals surface area contributed by atoms with Crippen molar-refractivity contribution in [3.05, 3.63) is 65.8 Å². The van der Waals surface area contributed by atoms with Gasteiger partial charge >= 0.3 is 18.1 Å². The number of aliphatic hydroxyl groups is 1. The lowest BCUT2D eigenvalue weighted by atomic mass is 9.53. The van der Waals surface area contributed by atoms with Crippen molar-refractivity contribution in [2.24, 2.45) is 16.7 Å². The molecule has 45 heavy (non-hydrogen) atoms. The summed E-state index contributed by atoms with van der Waals surface area (Å²) in [6, 6.07) is 15.7. The zero-order chi connectivity index (χ0) is 31.7. The molecule has 1 aromatic heterocycles. The molecule has 5 saturated carbocycles. The van der Waals surface area contributed by atoms with Gasteiger partial charge in [0.15, 0.2) is 5.82 Å². The van der Waals surface area contributed by atoms with Crippen LogP contribution in [0.15, 0.2) is 53.1 Å². The van der Waals surface area contributed by atoms with Gasteiger partial charge in [-0.2, -0.15) is 18.2 Å². The topological polar surface area (TPSA) is 91.5 Å². The lowest BCUT2D eigenvalue weighted by molar-refractivity contribution is -0.159. The number of anilines is 1. The molecular formula is C35H41F3N4O3. The van der Waals surface area contributed by atoms with Gasteiger partial charge in [-0.3, -0.25) is 4.90 Å². The minimum absolute atomic E-state index is 0.106. The molecular weight excluding hydrogens is 581 g/mol. The molecule has 240 valence electrons. The first kappa shape index (κ1) is 30.3. The summed E-state index contributed by atoms with van der Waals surface area (Å²) in [6.07, 6.45) is 4.68. The van der Waals surface area contributed by atoms with Crippen molar-refractivity contribution in [1.82, 2.24) is 15.5 Å². The largest absolute Gasteiger partial charge is 0.471 e. The molecule has 0 radical (unpaired) electrons. The molecule has 2 bridgehead atoms. The monoisotopic (exact) mass is 622 g/mol. The highest BCUT2D eigenvalue weighted by Crippen LogP contribution is 2.63. The van der Waals surface area contributed by atoms with Gasteiger partial charge in [0.2, 0.25) is 0 Å². The number of carbonyl (C=O) groups is 1. The smallest absolute Gasteiger partial charge is 0.386 e. The van der Waals surface area contributed by atoms with Crippen LogP contribution in [0.5, 0.6) is 0 Å². The fraction of sp³-hybridized carbons (Fsp3) is 0.571. The summed E-state index contributed by atoms with van der Waals surface area (Å²) in [5.41, 5.74) is 2.58. The van der Waals surface area contributed by atoms with Crippen LogP contribution >= 0.6 is 0 Å². The molecule has 1 heterocycles. The van der Waals surface area contributed by atoms with E-state index in [2.05, 4.69) is 20.0 Å². The van der Waals surface area contributed by atoms with Gasteiger partial charge in [-0.15, -0.1) is 0 Å². The lowest BCUT2D eigenvalue weighted by Gasteiger charge is -2.53. The molecule has 10 heteroatoms. The number of benzene rings is 2. The molecule has 3 aromatic rings. The van der Waals surface area contributed by atoms with Crippen LogP contribution in [-0.4, -0.2) is 34.4 Å². The van der Waals surface area contributed by atoms with Crippen molar-refractivity contribution in [1.29, 1.82) is 0 Å². The van der Waals surface area contributed by atoms with E-state index in [1.54, 1.807) is 13.8 Å². The number of urea groups is 1. The minimum atomic E-state index is -4.66. The molecule has 0 atom stereocenters. The molecule has 0 unspecified atom stereocenters. The zero-order valence-corrected chi connectivity index (χ0v) is 25.9. The zero-order valence-electron chi connectivity index (χ0n) is 25.9. The number of amides is 2. The van der Waals surface area contributed by atoms with Crippen LogP contribution in [0.4, 0.5) is 23.7 Å². The van der Waals surface area contributed by atoms with Gasteiger partial charge in [-0.25, -0.2) is 4.79 Å². The van der Waals surface area contributed by atoms with Crippen molar-refractivity contribution < 1.29 is 27.6 Å². The summed E-state index contributed by atoms with van der Waals surface area (Å²) in [7, 11) is 0. The van der Waals surface area contributed by atoms with Gasteiger partial charge in [0.25, 0.3) is 0 Å². The number of aromatic nitrogens is 2. The van der Waals surface area contributed by atoms with Crippen molar-refractivity contribution in [3.63, 3.8) is 0 Å². The van der Waals surface area contributed by atoms with Crippen molar-refractivity contribution in [2.75, 3.05) is 18.0 Å². The molecule has 2 aromatic carbocycles. The van der Waals surface area contributed by atoms with E-state index in [1.807, 2.05) is 53.4 Å². The first-order valence-corrected chi connectivity index (χ1v) is 16.2. The molecule has 0 aliphatic heterocycles. The normalized spacial score (nSPS) is 25.6. The summed E-state index contributed by atoms with van der Waals surface area (Å²) < 4.78 is 44.1. The predicted molar refractivity (Wildman–Crippen MR) is 163 cm³/mol. The Hall–Kier alpha value is -3.40. The summed E-state index contributed by atoms with van der Waals surface area (Å²) >= 11 is 0. The number of rotatable bonds is 8. The van der Waals surface area contributed by atoms with E-state index in [1.165, 1.54) is 25.7 Å². The highest BCUT2D eigenvalue weighted by molar-refractivity contribution is 5.93. The fourth-order valence-electron chi connectivity index (χ4n) is 8.15. The van der Waals surface area contributed by atoms with Crippen LogP contribution in [0, 0.1) is 16.7 Å². The highest BCUT2D eigenvalue weighted by Gasteiger charge is 2.54. The second kappa shape index (κ2) is 10.6. The number of hydrogen-bond donors (Lipinski definition) is 2. The molecule has 7 nitrogen and oxygen atoms in total. The van der Waals surface area contributed by atoms with Gasteiger partial charge < -0.3 is 14.9 Å². The minimum Gasteiger partial charge on any atom is -0.386 e. The number of hydrogen-bond acceptors (Lipinski definition) is 5. The number of carbonyl (C=O) groups excluding carboxylic acids is 1. The van der Waals surface area contributed by atoms with E-state index in [0.29, 0.717) is 43.7 Å². The molecule has 2 N–H and O–H groups in total. The Balaban J connectivity index is 1.11. The highest BCUT2D eigenvalue weighted by atomic mass is 19.4. The Labute approximate surface area is 261 Å². The van der Waals surface area contributed by atoms with Crippen LogP contribution < -0.4 is 10.2 Å². The Bertz CT molecular complexity index is 1540. The average Bonchev–Trinajstić information content (AvgIpc) is 3.63. The van der Waals surface area contributed by atoms with E-state index in [4.69, 9.17) is 0 Å². The first-order chi connectivity index (χ1) is 21.3. The van der Waals surface area contributed by atoms with Crippen molar-refractivity contribution in [2.45, 2.75) is 95.2 Å². The maximum atomic E-state index is 13.9. The lowest BCUT2D eigenvalue weighted by Crippen LogP contribution is -2.53. The van der Waals surface area contributed by atoms with Gasteiger partial charge in [0.1, 0.15) is 0 Å². The fourth-order valence-corrected chi connectivity index (χ4v) is 8.15. The first-order valence-electron chi connectivity index (χ1n) is 16.2. The number of nitrogens with one attached hydrogen (secondary N) is 1. The van der Waals surface area contributed by atoms with E-state index in [0.717, 1.165) is 41.6 Å². The molecule has 5 aliphatic rings. The Morgan fingerprint density at radius 2 is 1.64 bits per heavy atom. The van der Waals surface area contributed by atoms with E-state index >= 15 is 0 Å². The number of halogens is 3. The Kier molecular flexibility index (Phi) is 7.11. The Morgan fingerprint density at radius 1 is 0.978 bits per heavy atom. The van der Waals surface area contributed by atoms with Crippen LogP contribution in [0.1, 0.15) is 95.3 Å². The summed E-state index contributed by atoms with van der Waals surface area (Å²) in [5, 5.41) is 17.4. The van der Waals surface area contributed by atoms with Gasteiger partial charge in [0.05, 0.1) is 5.60 Å². The average molecular weight is 623 g/mol. The molecule has 5 fully saturated rings. The summed E-state index contributed by atoms with van der Waals surface area (Å²) in [4.78, 5) is 19.6. The third-order valence-corrected chi connectivity index (χ3v) is 11.3. The Morgan fingerprint density at radius 3 is 2.22 bits per heavy atom. The molecule has 1 spiro atoms.